The molecule has 2 atom stereocenters. The Morgan fingerprint density at radius 2 is 2.19 bits per heavy atom. The Bertz CT molecular complexity index is 551. The molecule has 1 saturated heterocycles. The monoisotopic (exact) mass is 330 g/mol. The first-order valence-electron chi connectivity index (χ1n) is 6.80. The molecule has 1 heterocycles. The number of rotatable bonds is 4. The van der Waals surface area contributed by atoms with Crippen molar-refractivity contribution in [1.82, 2.24) is 10.6 Å². The number of piperazine rings is 1. The number of quaternary nitrogens is 1. The second-order valence-corrected chi connectivity index (χ2v) is 5.98. The van der Waals surface area contributed by atoms with Gasteiger partial charge >= 0.3 is 0 Å². The largest absolute Gasteiger partial charge is 0.346 e. The Hall–Kier alpha value is -1.30. The third kappa shape index (κ3) is 4.59. The maximum Gasteiger partial charge on any atom is 0.275 e. The fourth-order valence-corrected chi connectivity index (χ4v) is 2.60. The molecule has 2 amide bonds. The highest BCUT2D eigenvalue weighted by Gasteiger charge is 2.22. The van der Waals surface area contributed by atoms with Crippen molar-refractivity contribution in [3.05, 3.63) is 33.8 Å². The fraction of sp³-hybridized carbons (Fsp3) is 0.429. The van der Waals surface area contributed by atoms with Gasteiger partial charge in [-0.1, -0.05) is 29.3 Å². The van der Waals surface area contributed by atoms with Gasteiger partial charge in [0, 0.05) is 0 Å². The summed E-state index contributed by atoms with van der Waals surface area (Å²) in [6.45, 7) is 3.90. The lowest BCUT2D eigenvalue weighted by Crippen LogP contribution is -3.16. The third-order valence-electron chi connectivity index (χ3n) is 3.44. The smallest absolute Gasteiger partial charge is 0.275 e. The summed E-state index contributed by atoms with van der Waals surface area (Å²) in [6, 6.07) is 5.13. The summed E-state index contributed by atoms with van der Waals surface area (Å²) in [5.41, 5.74) is 0.893. The first-order valence-corrected chi connectivity index (χ1v) is 7.56. The van der Waals surface area contributed by atoms with Crippen LogP contribution in [0.4, 0.5) is 0 Å². The van der Waals surface area contributed by atoms with E-state index in [-0.39, 0.29) is 17.9 Å². The van der Waals surface area contributed by atoms with E-state index in [4.69, 9.17) is 23.2 Å². The summed E-state index contributed by atoms with van der Waals surface area (Å²) in [6.07, 6.45) is 0. The number of hydrogen-bond acceptors (Lipinski definition) is 2. The molecule has 7 heteroatoms. The van der Waals surface area contributed by atoms with Gasteiger partial charge in [-0.05, 0) is 24.6 Å². The van der Waals surface area contributed by atoms with Crippen molar-refractivity contribution in [3.8, 4) is 0 Å². The van der Waals surface area contributed by atoms with E-state index in [9.17, 15) is 9.59 Å². The van der Waals surface area contributed by atoms with Gasteiger partial charge in [-0.15, -0.1) is 0 Å². The molecule has 3 N–H and O–H groups in total. The Morgan fingerprint density at radius 3 is 2.86 bits per heavy atom. The molecule has 0 aliphatic carbocycles. The molecular formula is C14H18Cl2N3O2+. The lowest BCUT2D eigenvalue weighted by Gasteiger charge is -2.24. The predicted molar refractivity (Wildman–Crippen MR) is 81.6 cm³/mol. The average Bonchev–Trinajstić information content (AvgIpc) is 2.41. The zero-order valence-corrected chi connectivity index (χ0v) is 13.2. The first-order chi connectivity index (χ1) is 9.95. The Kier molecular flexibility index (Phi) is 5.45. The number of nitrogens with one attached hydrogen (secondary N) is 3. The molecule has 0 radical (unpaired) electrons. The average molecular weight is 331 g/mol. The van der Waals surface area contributed by atoms with Crippen LogP contribution in [0, 0.1) is 0 Å². The minimum atomic E-state index is -0.162. The Labute approximate surface area is 133 Å². The Balaban J connectivity index is 1.89. The highest BCUT2D eigenvalue weighted by atomic mass is 35.5. The van der Waals surface area contributed by atoms with Crippen LogP contribution in [0.5, 0.6) is 0 Å². The van der Waals surface area contributed by atoms with Gasteiger partial charge in [0.2, 0.25) is 0 Å². The molecule has 0 aromatic heterocycles. The topological polar surface area (TPSA) is 62.6 Å². The normalized spacial score (nSPS) is 19.8. The molecule has 1 aliphatic rings. The van der Waals surface area contributed by atoms with E-state index in [1.54, 1.807) is 12.1 Å². The van der Waals surface area contributed by atoms with Gasteiger partial charge in [-0.3, -0.25) is 9.59 Å². The van der Waals surface area contributed by atoms with E-state index in [0.29, 0.717) is 29.7 Å². The van der Waals surface area contributed by atoms with Gasteiger partial charge in [0.1, 0.15) is 0 Å². The molecule has 1 fully saturated rings. The van der Waals surface area contributed by atoms with Crippen LogP contribution in [0.1, 0.15) is 18.5 Å². The molecule has 1 aliphatic heterocycles. The van der Waals surface area contributed by atoms with Crippen LogP contribution in [-0.2, 0) is 9.59 Å². The summed E-state index contributed by atoms with van der Waals surface area (Å²) in [5.74, 6) is -0.0974. The first kappa shape index (κ1) is 16.1. The maximum atomic E-state index is 12.0. The summed E-state index contributed by atoms with van der Waals surface area (Å²) < 4.78 is 0. The molecule has 114 valence electrons. The van der Waals surface area contributed by atoms with E-state index >= 15 is 0 Å². The standard InChI is InChI=1S/C14H17Cl2N3O2/c1-9(10-2-3-11(15)12(16)6-10)18-14(21)8-19-5-4-17-13(20)7-19/h2-3,6,9H,4-5,7-8H2,1H3,(H,17,20)(H,18,21)/p+1/t9-/m1/s1. The molecule has 1 aromatic carbocycles. The van der Waals surface area contributed by atoms with Crippen molar-refractivity contribution in [2.75, 3.05) is 26.2 Å². The van der Waals surface area contributed by atoms with Gasteiger partial charge in [-0.25, -0.2) is 0 Å². The number of carbonyl (C=O) groups excluding carboxylic acids is 2. The van der Waals surface area contributed by atoms with Crippen molar-refractivity contribution >= 4 is 35.0 Å². The molecule has 0 saturated carbocycles. The van der Waals surface area contributed by atoms with Crippen molar-refractivity contribution in [2.45, 2.75) is 13.0 Å². The van der Waals surface area contributed by atoms with Gasteiger partial charge in [0.25, 0.3) is 11.8 Å². The van der Waals surface area contributed by atoms with E-state index in [1.807, 2.05) is 13.0 Å². The van der Waals surface area contributed by atoms with Crippen molar-refractivity contribution in [3.63, 3.8) is 0 Å². The van der Waals surface area contributed by atoms with Gasteiger partial charge in [-0.2, -0.15) is 0 Å². The molecule has 1 unspecified atom stereocenters. The summed E-state index contributed by atoms with van der Waals surface area (Å²) in [7, 11) is 0. The molecule has 1 aromatic rings. The van der Waals surface area contributed by atoms with Gasteiger partial charge < -0.3 is 15.5 Å². The van der Waals surface area contributed by atoms with Crippen molar-refractivity contribution < 1.29 is 14.5 Å². The predicted octanol–water partition coefficient (Wildman–Crippen LogP) is 0.185. The molecule has 21 heavy (non-hydrogen) atoms. The number of carbonyl (C=O) groups is 2. The lowest BCUT2D eigenvalue weighted by atomic mass is 10.1. The number of benzene rings is 1. The number of halogens is 2. The second kappa shape index (κ2) is 7.11. The highest BCUT2D eigenvalue weighted by Crippen LogP contribution is 2.25. The van der Waals surface area contributed by atoms with E-state index in [2.05, 4.69) is 10.6 Å². The molecule has 2 rings (SSSR count). The summed E-state index contributed by atoms with van der Waals surface area (Å²) >= 11 is 11.8. The Morgan fingerprint density at radius 1 is 1.43 bits per heavy atom. The van der Waals surface area contributed by atoms with Gasteiger partial charge in [0.05, 0.1) is 29.2 Å². The second-order valence-electron chi connectivity index (χ2n) is 5.17. The lowest BCUT2D eigenvalue weighted by molar-refractivity contribution is -0.885. The van der Waals surface area contributed by atoms with Crippen LogP contribution < -0.4 is 15.5 Å². The highest BCUT2D eigenvalue weighted by molar-refractivity contribution is 6.42. The van der Waals surface area contributed by atoms with Crippen LogP contribution >= 0.6 is 23.2 Å². The third-order valence-corrected chi connectivity index (χ3v) is 4.18. The van der Waals surface area contributed by atoms with Crippen LogP contribution in [0.2, 0.25) is 10.0 Å². The minimum absolute atomic E-state index is 0.0124. The quantitative estimate of drug-likeness (QED) is 0.737. The van der Waals surface area contributed by atoms with Crippen LogP contribution in [-0.4, -0.2) is 38.0 Å². The molecule has 5 nitrogen and oxygen atoms in total. The van der Waals surface area contributed by atoms with Gasteiger partial charge in [0.15, 0.2) is 13.1 Å². The molecule has 0 spiro atoms. The van der Waals surface area contributed by atoms with Crippen LogP contribution in [0.25, 0.3) is 0 Å². The van der Waals surface area contributed by atoms with Crippen molar-refractivity contribution in [2.24, 2.45) is 0 Å². The summed E-state index contributed by atoms with van der Waals surface area (Å²) in [5, 5.41) is 6.61. The number of hydrogen-bond donors (Lipinski definition) is 3. The van der Waals surface area contributed by atoms with Crippen LogP contribution in [0.15, 0.2) is 18.2 Å². The van der Waals surface area contributed by atoms with E-state index in [1.165, 1.54) is 0 Å². The summed E-state index contributed by atoms with van der Waals surface area (Å²) in [4.78, 5) is 24.3. The zero-order valence-electron chi connectivity index (χ0n) is 11.7. The maximum absolute atomic E-state index is 12.0. The molecule has 0 bridgehead atoms. The van der Waals surface area contributed by atoms with E-state index in [0.717, 1.165) is 17.0 Å². The molecular weight excluding hydrogens is 313 g/mol. The zero-order chi connectivity index (χ0) is 15.4. The number of amides is 2. The minimum Gasteiger partial charge on any atom is -0.346 e. The van der Waals surface area contributed by atoms with Crippen molar-refractivity contribution in [1.29, 1.82) is 0 Å². The SMILES string of the molecule is C[C@@H](NC(=O)C[NH+]1CCNC(=O)C1)c1ccc(Cl)c(Cl)c1. The fourth-order valence-electron chi connectivity index (χ4n) is 2.29. The van der Waals surface area contributed by atoms with Crippen LogP contribution in [0.3, 0.4) is 0 Å². The van der Waals surface area contributed by atoms with E-state index < -0.39 is 0 Å².